The van der Waals surface area contributed by atoms with E-state index in [1.807, 2.05) is 13.2 Å². The highest BCUT2D eigenvalue weighted by Gasteiger charge is 2.15. The van der Waals surface area contributed by atoms with Crippen molar-refractivity contribution >= 4 is 96.0 Å². The van der Waals surface area contributed by atoms with Crippen LogP contribution in [0.15, 0.2) is 30.6 Å². The summed E-state index contributed by atoms with van der Waals surface area (Å²) in [4.78, 5) is 15.0. The monoisotopic (exact) mass is 929 g/mol. The molecule has 0 unspecified atom stereocenters. The number of anilines is 1. The first-order valence-electron chi connectivity index (χ1n) is 8.15. The molecule has 17 heteroatoms. The van der Waals surface area contributed by atoms with E-state index in [0.717, 1.165) is 19.6 Å². The number of halogens is 4. The smallest absolute Gasteiger partial charge is 0.296 e. The molecule has 0 spiro atoms. The summed E-state index contributed by atoms with van der Waals surface area (Å²) in [5.41, 5.74) is 0.560. The number of nitro benzene ring substituents is 1. The van der Waals surface area contributed by atoms with E-state index in [0.29, 0.717) is 24.2 Å². The molecule has 188 valence electrons. The van der Waals surface area contributed by atoms with Gasteiger partial charge in [-0.05, 0) is 18.6 Å². The van der Waals surface area contributed by atoms with E-state index in [1.54, 1.807) is 12.1 Å². The second-order valence-electron chi connectivity index (χ2n) is 5.70. The molecule has 1 aromatic rings. The third-order valence-corrected chi connectivity index (χ3v) is 3.65. The number of nitrogens with zero attached hydrogens (tertiary/aromatic N) is 3. The van der Waals surface area contributed by atoms with Crippen molar-refractivity contribution in [1.29, 1.82) is 0 Å². The largest absolute Gasteiger partial charge is 0.707 e. The molecular formula is C15H25I4N4O8S-. The van der Waals surface area contributed by atoms with Crippen molar-refractivity contribution in [2.24, 2.45) is 0 Å². The number of methoxy groups -OCH3 is 1. The number of rotatable bonds is 8. The summed E-state index contributed by atoms with van der Waals surface area (Å²) in [6, 6.07) is 4.83. The number of nitrogens with one attached hydrogen (secondary N) is 1. The van der Waals surface area contributed by atoms with Crippen molar-refractivity contribution < 1.29 is 33.1 Å². The van der Waals surface area contributed by atoms with E-state index >= 15 is 0 Å². The summed E-state index contributed by atoms with van der Waals surface area (Å²) in [7, 11) is -0.202. The van der Waals surface area contributed by atoms with Gasteiger partial charge in [0.2, 0.25) is 0 Å². The van der Waals surface area contributed by atoms with Gasteiger partial charge in [0, 0.05) is 107 Å². The van der Waals surface area contributed by atoms with Crippen LogP contribution in [0.4, 0.5) is 11.4 Å². The molecule has 0 fully saturated rings. The van der Waals surface area contributed by atoms with Crippen molar-refractivity contribution in [2.45, 2.75) is 6.42 Å². The molecule has 0 amide bonds. The van der Waals surface area contributed by atoms with Crippen molar-refractivity contribution in [2.75, 3.05) is 45.5 Å². The molecule has 0 saturated heterocycles. The highest BCUT2D eigenvalue weighted by atomic mass is 128. The summed E-state index contributed by atoms with van der Waals surface area (Å²) in [5.74, 6) is 0.484. The van der Waals surface area contributed by atoms with Gasteiger partial charge in [0.15, 0.2) is 0 Å². The molecule has 0 aromatic heterocycles. The highest BCUT2D eigenvalue weighted by Crippen LogP contribution is 2.28. The average Bonchev–Trinajstić information content (AvgIpc) is 3.19. The molecule has 2 rings (SSSR count). The van der Waals surface area contributed by atoms with Crippen LogP contribution in [0.1, 0.15) is 6.42 Å². The number of hydrogen-bond acceptors (Lipinski definition) is 10. The van der Waals surface area contributed by atoms with Crippen molar-refractivity contribution in [3.8, 4) is 5.75 Å². The Hall–Kier alpha value is 0.310. The van der Waals surface area contributed by atoms with Gasteiger partial charge in [0.25, 0.3) is 15.8 Å². The molecule has 0 aliphatic carbocycles. The van der Waals surface area contributed by atoms with Gasteiger partial charge in [-0.15, -0.1) is 0 Å². The van der Waals surface area contributed by atoms with Gasteiger partial charge >= 0.3 is 0 Å². The zero-order valence-electron chi connectivity index (χ0n) is 17.3. The fourth-order valence-electron chi connectivity index (χ4n) is 2.18. The van der Waals surface area contributed by atoms with Crippen LogP contribution in [-0.4, -0.2) is 68.8 Å². The lowest BCUT2D eigenvalue weighted by Gasteiger charge is -2.18. The Bertz CT molecular complexity index is 774. The first kappa shape index (κ1) is 36.9. The second kappa shape index (κ2) is 21.8. The normalized spacial score (nSPS) is 11.5. The molecule has 1 aliphatic rings. The highest BCUT2D eigenvalue weighted by molar-refractivity contribution is 15.0. The molecular weight excluding hydrogens is 904 g/mol. The minimum Gasteiger partial charge on any atom is -0.707 e. The molecule has 0 radical (unpaired) electrons. The maximum absolute atomic E-state index is 11.1. The number of ether oxygens (including phenoxy) is 1. The minimum absolute atomic E-state index is 0. The van der Waals surface area contributed by atoms with Gasteiger partial charge in [-0.2, -0.15) is 0 Å². The fourth-order valence-corrected chi connectivity index (χ4v) is 2.18. The van der Waals surface area contributed by atoms with Crippen LogP contribution >= 0.6 is 74.5 Å². The SMILES string of the molecule is COc1ccc(NCCCN2C=CN(C)C2)c([N+](=O)[O-])c1.CS(=O)(=O)O[O-].II.II.O. The van der Waals surface area contributed by atoms with Crippen molar-refractivity contribution in [3.05, 3.63) is 40.7 Å². The number of hydrogen-bond donors (Lipinski definition) is 1. The molecule has 3 N–H and O–H groups in total. The summed E-state index contributed by atoms with van der Waals surface area (Å²) >= 11 is 8.48. The predicted molar refractivity (Wildman–Crippen MR) is 157 cm³/mol. The van der Waals surface area contributed by atoms with E-state index in [9.17, 15) is 18.5 Å². The van der Waals surface area contributed by atoms with Crippen molar-refractivity contribution in [3.63, 3.8) is 0 Å². The lowest BCUT2D eigenvalue weighted by molar-refractivity contribution is -0.634. The Kier molecular flexibility index (Phi) is 25.1. The van der Waals surface area contributed by atoms with E-state index in [1.165, 1.54) is 13.2 Å². The molecule has 0 saturated carbocycles. The zero-order valence-corrected chi connectivity index (χ0v) is 26.8. The van der Waals surface area contributed by atoms with Crippen LogP contribution in [-0.2, 0) is 14.5 Å². The first-order valence-corrected chi connectivity index (χ1v) is 22.5. The van der Waals surface area contributed by atoms with Crippen LogP contribution in [0.2, 0.25) is 0 Å². The molecule has 12 nitrogen and oxygen atoms in total. The Morgan fingerprint density at radius 2 is 1.78 bits per heavy atom. The first-order chi connectivity index (χ1) is 14.7. The van der Waals surface area contributed by atoms with Gasteiger partial charge in [0.1, 0.15) is 11.4 Å². The van der Waals surface area contributed by atoms with E-state index in [-0.39, 0.29) is 11.2 Å². The topological polar surface area (TPSA) is 169 Å². The standard InChI is InChI=1S/C14H20N4O3.CH4O4S.2I2.H2O/c1-16-8-9-17(11-16)7-3-6-15-13-5-4-12(21-2)10-14(13)18(19)20;1-6(3,4)5-2;2*1-2;/h4-5,8-10,15H,3,6-7,11H2,1-2H3;2H,1H3;;;1H2/p-1. The van der Waals surface area contributed by atoms with Gasteiger partial charge in [-0.25, -0.2) is 8.42 Å². The third-order valence-electron chi connectivity index (χ3n) is 3.40. The summed E-state index contributed by atoms with van der Waals surface area (Å²) in [6.07, 6.45) is 5.67. The van der Waals surface area contributed by atoms with Gasteiger partial charge in [-0.3, -0.25) is 10.1 Å². The van der Waals surface area contributed by atoms with Crippen LogP contribution in [0.25, 0.3) is 0 Å². The Morgan fingerprint density at radius 3 is 2.19 bits per heavy atom. The predicted octanol–water partition coefficient (Wildman–Crippen LogP) is 3.04. The van der Waals surface area contributed by atoms with E-state index < -0.39 is 15.0 Å². The maximum Gasteiger partial charge on any atom is 0.296 e. The van der Waals surface area contributed by atoms with Gasteiger partial charge < -0.3 is 34.9 Å². The molecule has 32 heavy (non-hydrogen) atoms. The van der Waals surface area contributed by atoms with E-state index in [2.05, 4.69) is 100 Å². The average molecular weight is 929 g/mol. The second-order valence-corrected chi connectivity index (χ2v) is 7.25. The number of benzene rings is 1. The number of nitro groups is 1. The van der Waals surface area contributed by atoms with Gasteiger partial charge in [-0.1, -0.05) is 0 Å². The summed E-state index contributed by atoms with van der Waals surface area (Å²) in [6.45, 7) is 2.49. The fraction of sp³-hybridized carbons (Fsp3) is 0.467. The quantitative estimate of drug-likeness (QED) is 0.135. The minimum atomic E-state index is -3.72. The molecule has 1 aromatic carbocycles. The molecule has 1 heterocycles. The Morgan fingerprint density at radius 1 is 1.22 bits per heavy atom. The lowest BCUT2D eigenvalue weighted by atomic mass is 10.2. The van der Waals surface area contributed by atoms with Crippen LogP contribution in [0, 0.1) is 10.1 Å². The zero-order chi connectivity index (χ0) is 24.4. The van der Waals surface area contributed by atoms with Crippen LogP contribution in [0.3, 0.4) is 0 Å². The Labute approximate surface area is 234 Å². The van der Waals surface area contributed by atoms with Crippen molar-refractivity contribution in [1.82, 2.24) is 9.80 Å². The molecule has 0 atom stereocenters. The summed E-state index contributed by atoms with van der Waals surface area (Å²) in [5, 5.41) is 23.0. The molecule has 0 bridgehead atoms. The Balaban J connectivity index is -0.000000655. The van der Waals surface area contributed by atoms with Crippen LogP contribution < -0.4 is 15.3 Å². The van der Waals surface area contributed by atoms with Gasteiger partial charge in [0.05, 0.1) is 31.0 Å². The molecule has 1 aliphatic heterocycles. The lowest BCUT2D eigenvalue weighted by Crippen LogP contribution is -2.24. The van der Waals surface area contributed by atoms with E-state index in [4.69, 9.17) is 9.99 Å². The van der Waals surface area contributed by atoms with Crippen LogP contribution in [0.5, 0.6) is 5.75 Å². The maximum atomic E-state index is 11.1. The summed E-state index contributed by atoms with van der Waals surface area (Å²) < 4.78 is 26.6. The third kappa shape index (κ3) is 17.7.